The summed E-state index contributed by atoms with van der Waals surface area (Å²) < 4.78 is 0. The molecule has 6 rings (SSSR count). The Bertz CT molecular complexity index is 1470. The summed E-state index contributed by atoms with van der Waals surface area (Å²) in [6.07, 6.45) is 0. The molecule has 0 amide bonds. The van der Waals surface area contributed by atoms with Crippen molar-refractivity contribution in [2.45, 2.75) is 40.8 Å². The maximum absolute atomic E-state index is 2.27. The SMILES string of the molecule is C[Si]C.Cc1ccc(-c2cccc3[cH-]c(C)cc23)cc1.Cc1ccc(-c2cccc3[cH-]c(C)cc23)cc1.Cl.Cl.[Hf]. The fourth-order valence-electron chi connectivity index (χ4n) is 4.74. The van der Waals surface area contributed by atoms with Gasteiger partial charge in [0.05, 0.1) is 0 Å². The quantitative estimate of drug-likeness (QED) is 0.122. The second-order valence-corrected chi connectivity index (χ2v) is 10.9. The second kappa shape index (κ2) is 16.9. The third kappa shape index (κ3) is 8.88. The van der Waals surface area contributed by atoms with Gasteiger partial charge in [-0.1, -0.05) is 110 Å². The molecule has 0 aliphatic carbocycles. The van der Waals surface area contributed by atoms with E-state index in [4.69, 9.17) is 0 Å². The van der Waals surface area contributed by atoms with Crippen molar-refractivity contribution in [2.24, 2.45) is 0 Å². The van der Waals surface area contributed by atoms with E-state index in [-0.39, 0.29) is 50.7 Å². The van der Waals surface area contributed by atoms with Gasteiger partial charge in [-0.25, -0.2) is 0 Å². The van der Waals surface area contributed by atoms with E-state index in [9.17, 15) is 0 Å². The van der Waals surface area contributed by atoms with E-state index in [1.165, 1.54) is 66.1 Å². The zero-order valence-electron chi connectivity index (χ0n) is 24.2. The maximum Gasteiger partial charge on any atom is 0.0307 e. The summed E-state index contributed by atoms with van der Waals surface area (Å²) in [5.41, 5.74) is 10.5. The van der Waals surface area contributed by atoms with Crippen molar-refractivity contribution >= 4 is 55.9 Å². The van der Waals surface area contributed by atoms with E-state index < -0.39 is 0 Å². The van der Waals surface area contributed by atoms with E-state index in [0.29, 0.717) is 0 Å². The van der Waals surface area contributed by atoms with Crippen LogP contribution in [0.25, 0.3) is 43.8 Å². The normalized spacial score (nSPS) is 9.75. The van der Waals surface area contributed by atoms with Crippen molar-refractivity contribution < 1.29 is 25.8 Å². The Morgan fingerprint density at radius 3 is 1.15 bits per heavy atom. The number of hydrogen-bond donors (Lipinski definition) is 0. The van der Waals surface area contributed by atoms with Crippen molar-refractivity contribution in [3.63, 3.8) is 0 Å². The summed E-state index contributed by atoms with van der Waals surface area (Å²) in [6.45, 7) is 12.9. The number of benzene rings is 4. The number of halogens is 2. The van der Waals surface area contributed by atoms with E-state index in [2.05, 4.69) is 150 Å². The van der Waals surface area contributed by atoms with E-state index in [1.807, 2.05) is 0 Å². The molecule has 0 unspecified atom stereocenters. The van der Waals surface area contributed by atoms with Crippen molar-refractivity contribution in [3.8, 4) is 22.3 Å². The predicted molar refractivity (Wildman–Crippen MR) is 181 cm³/mol. The summed E-state index contributed by atoms with van der Waals surface area (Å²) in [7, 11) is 1.08. The number of fused-ring (bicyclic) bond motifs is 2. The average molecular weight is 748 g/mol. The van der Waals surface area contributed by atoms with Crippen molar-refractivity contribution in [3.05, 3.63) is 131 Å². The molecule has 0 bridgehead atoms. The van der Waals surface area contributed by atoms with Crippen LogP contribution in [0.4, 0.5) is 0 Å². The van der Waals surface area contributed by atoms with Crippen LogP contribution in [-0.2, 0) is 25.8 Å². The molecule has 0 spiro atoms. The first kappa shape index (κ1) is 35.8. The Kier molecular flexibility index (Phi) is 15.1. The summed E-state index contributed by atoms with van der Waals surface area (Å²) in [4.78, 5) is 0. The Morgan fingerprint density at radius 1 is 0.500 bits per heavy atom. The molecule has 0 saturated carbocycles. The van der Waals surface area contributed by atoms with Crippen LogP contribution in [-0.4, -0.2) is 9.52 Å². The fourth-order valence-corrected chi connectivity index (χ4v) is 4.74. The zero-order valence-corrected chi connectivity index (χ0v) is 30.4. The van der Waals surface area contributed by atoms with Gasteiger partial charge in [0.15, 0.2) is 0 Å². The first-order valence-electron chi connectivity index (χ1n) is 12.9. The first-order valence-corrected chi connectivity index (χ1v) is 14.9. The summed E-state index contributed by atoms with van der Waals surface area (Å²) in [5, 5.41) is 5.38. The molecule has 4 heteroatoms. The number of hydrogen-bond acceptors (Lipinski definition) is 0. The average Bonchev–Trinajstić information content (AvgIpc) is 3.46. The minimum absolute atomic E-state index is 0. The summed E-state index contributed by atoms with van der Waals surface area (Å²) >= 11 is 0. The molecule has 40 heavy (non-hydrogen) atoms. The van der Waals surface area contributed by atoms with Crippen LogP contribution < -0.4 is 0 Å². The Balaban J connectivity index is 0.000000341. The number of aryl methyl sites for hydroxylation is 4. The molecule has 0 atom stereocenters. The monoisotopic (exact) mass is 748 g/mol. The topological polar surface area (TPSA) is 0 Å². The van der Waals surface area contributed by atoms with Crippen LogP contribution >= 0.6 is 24.8 Å². The predicted octanol–water partition coefficient (Wildman–Crippen LogP) is 11.3. The van der Waals surface area contributed by atoms with Crippen molar-refractivity contribution in [1.82, 2.24) is 0 Å². The van der Waals surface area contributed by atoms with Gasteiger partial charge in [0.25, 0.3) is 0 Å². The number of rotatable bonds is 2. The molecule has 0 heterocycles. The third-order valence-electron chi connectivity index (χ3n) is 6.52. The van der Waals surface area contributed by atoms with Crippen LogP contribution in [0.1, 0.15) is 22.3 Å². The van der Waals surface area contributed by atoms with Crippen LogP contribution in [0.5, 0.6) is 0 Å². The fraction of sp³-hybridized carbons (Fsp3) is 0.167. The summed E-state index contributed by atoms with van der Waals surface area (Å²) in [5.74, 6) is 0. The molecular formula is C36H38Cl2HfSi-2. The van der Waals surface area contributed by atoms with Crippen LogP contribution in [0.3, 0.4) is 0 Å². The molecule has 0 aliphatic heterocycles. The van der Waals surface area contributed by atoms with E-state index >= 15 is 0 Å². The molecule has 6 aromatic carbocycles. The first-order chi connectivity index (χ1) is 17.9. The molecule has 0 aliphatic rings. The largest absolute Gasteiger partial charge is 0.165 e. The minimum Gasteiger partial charge on any atom is -0.165 e. The molecule has 2 radical (unpaired) electrons. The second-order valence-electron chi connectivity index (χ2n) is 9.91. The maximum atomic E-state index is 2.27. The molecule has 0 fully saturated rings. The molecule has 0 N–H and O–H groups in total. The van der Waals surface area contributed by atoms with Gasteiger partial charge in [-0.15, -0.1) is 93.9 Å². The van der Waals surface area contributed by atoms with Gasteiger partial charge >= 0.3 is 0 Å². The van der Waals surface area contributed by atoms with Gasteiger partial charge in [0, 0.05) is 35.4 Å². The Hall–Kier alpha value is -2.23. The molecule has 6 aromatic rings. The van der Waals surface area contributed by atoms with Crippen LogP contribution in [0, 0.1) is 27.7 Å². The van der Waals surface area contributed by atoms with E-state index in [0.717, 1.165) is 9.52 Å². The molecule has 0 nitrogen and oxygen atoms in total. The van der Waals surface area contributed by atoms with Gasteiger partial charge in [0.1, 0.15) is 0 Å². The molecule has 0 saturated heterocycles. The zero-order chi connectivity index (χ0) is 26.4. The van der Waals surface area contributed by atoms with Gasteiger partial charge in [-0.05, 0) is 25.0 Å². The van der Waals surface area contributed by atoms with Gasteiger partial charge in [0.2, 0.25) is 0 Å². The third-order valence-corrected chi connectivity index (χ3v) is 6.52. The van der Waals surface area contributed by atoms with Gasteiger partial charge in [-0.3, -0.25) is 0 Å². The van der Waals surface area contributed by atoms with Crippen molar-refractivity contribution in [2.75, 3.05) is 0 Å². The Morgan fingerprint density at radius 2 is 0.825 bits per heavy atom. The minimum atomic E-state index is 0. The smallest absolute Gasteiger partial charge is 0.0307 e. The van der Waals surface area contributed by atoms with E-state index in [1.54, 1.807) is 0 Å². The van der Waals surface area contributed by atoms with Crippen molar-refractivity contribution in [1.29, 1.82) is 0 Å². The molecular weight excluding hydrogens is 710 g/mol. The van der Waals surface area contributed by atoms with Gasteiger partial charge in [-0.2, -0.15) is 12.1 Å². The standard InChI is InChI=1S/2C17H15.C2H6Si.2ClH.Hf/c2*1-12-6-8-14(9-7-12)16-5-3-4-15-10-13(2)11-17(15)16;1-3-2;;;/h2*3-11H,1-2H3;1-2H3;2*1H;/q2*-1;;;;. The molecule has 0 aromatic heterocycles. The van der Waals surface area contributed by atoms with Gasteiger partial charge < -0.3 is 0 Å². The molecule has 206 valence electrons. The van der Waals surface area contributed by atoms with Crippen LogP contribution in [0.2, 0.25) is 13.1 Å². The Labute approximate surface area is 274 Å². The summed E-state index contributed by atoms with van der Waals surface area (Å²) in [6, 6.07) is 39.5. The van der Waals surface area contributed by atoms with Crippen LogP contribution in [0.15, 0.2) is 109 Å².